The van der Waals surface area contributed by atoms with E-state index in [0.717, 1.165) is 16.8 Å². The Labute approximate surface area is 133 Å². The highest BCUT2D eigenvalue weighted by molar-refractivity contribution is 9.10. The van der Waals surface area contributed by atoms with Crippen LogP contribution >= 0.6 is 27.3 Å². The molecule has 114 valence electrons. The fourth-order valence-corrected chi connectivity index (χ4v) is 4.17. The summed E-state index contributed by atoms with van der Waals surface area (Å²) in [6, 6.07) is 0.960. The molecule has 0 aliphatic carbocycles. The minimum absolute atomic E-state index is 0.142. The van der Waals surface area contributed by atoms with E-state index < -0.39 is 21.8 Å². The molecule has 0 saturated heterocycles. The monoisotopic (exact) mass is 394 g/mol. The molecule has 2 N–H and O–H groups in total. The first-order chi connectivity index (χ1) is 9.79. The molecule has 7 nitrogen and oxygen atoms in total. The van der Waals surface area contributed by atoms with Crippen LogP contribution in [0.25, 0.3) is 0 Å². The summed E-state index contributed by atoms with van der Waals surface area (Å²) < 4.78 is 31.2. The molecule has 0 aromatic carbocycles. The van der Waals surface area contributed by atoms with Crippen LogP contribution in [0.1, 0.15) is 21.3 Å². The third kappa shape index (κ3) is 3.90. The third-order valence-corrected chi connectivity index (χ3v) is 5.64. The van der Waals surface area contributed by atoms with E-state index in [1.807, 2.05) is 12.3 Å². The lowest BCUT2D eigenvalue weighted by Crippen LogP contribution is -2.26. The number of carboxylic acid groups (broad SMARTS) is 1. The second-order valence-electron chi connectivity index (χ2n) is 4.06. The first kappa shape index (κ1) is 16.1. The van der Waals surface area contributed by atoms with Crippen molar-refractivity contribution < 1.29 is 22.7 Å². The highest BCUT2D eigenvalue weighted by Crippen LogP contribution is 2.26. The van der Waals surface area contributed by atoms with Crippen molar-refractivity contribution in [1.29, 1.82) is 0 Å². The summed E-state index contributed by atoms with van der Waals surface area (Å²) in [5, 5.41) is 11.6. The van der Waals surface area contributed by atoms with Crippen LogP contribution in [0.2, 0.25) is 0 Å². The zero-order chi connectivity index (χ0) is 15.6. The molecule has 2 heterocycles. The molecule has 0 radical (unpaired) electrons. The SMILES string of the molecule is Cc1nc(CCNS(=O)(=O)c2cc(C(=O)O)oc2Br)cs1. The number of furan rings is 1. The number of rotatable bonds is 6. The standard InChI is InChI=1S/C11H11BrN2O5S2/c1-6-14-7(5-20-6)2-3-13-21(17,18)9-4-8(11(15)16)19-10(9)12/h4-5,13H,2-3H2,1H3,(H,15,16). The molecular weight excluding hydrogens is 384 g/mol. The van der Waals surface area contributed by atoms with Gasteiger partial charge in [0, 0.05) is 24.4 Å². The van der Waals surface area contributed by atoms with Crippen LogP contribution < -0.4 is 4.72 Å². The van der Waals surface area contributed by atoms with Gasteiger partial charge in [-0.05, 0) is 22.9 Å². The van der Waals surface area contributed by atoms with E-state index in [4.69, 9.17) is 9.52 Å². The Balaban J connectivity index is 2.06. The second-order valence-corrected chi connectivity index (χ2v) is 7.58. The van der Waals surface area contributed by atoms with Crippen molar-refractivity contribution in [2.75, 3.05) is 6.54 Å². The number of carbonyl (C=O) groups is 1. The van der Waals surface area contributed by atoms with Gasteiger partial charge in [0.25, 0.3) is 0 Å². The van der Waals surface area contributed by atoms with E-state index >= 15 is 0 Å². The van der Waals surface area contributed by atoms with Crippen molar-refractivity contribution in [1.82, 2.24) is 9.71 Å². The maximum absolute atomic E-state index is 12.1. The van der Waals surface area contributed by atoms with Crippen molar-refractivity contribution in [2.45, 2.75) is 18.2 Å². The van der Waals surface area contributed by atoms with Gasteiger partial charge >= 0.3 is 5.97 Å². The van der Waals surface area contributed by atoms with Gasteiger partial charge in [0.15, 0.2) is 4.67 Å². The van der Waals surface area contributed by atoms with Gasteiger partial charge in [0.2, 0.25) is 15.8 Å². The Morgan fingerprint density at radius 3 is 2.81 bits per heavy atom. The number of sulfonamides is 1. The molecule has 2 rings (SSSR count). The largest absolute Gasteiger partial charge is 0.475 e. The van der Waals surface area contributed by atoms with Gasteiger partial charge in [-0.15, -0.1) is 11.3 Å². The minimum Gasteiger partial charge on any atom is -0.475 e. The maximum Gasteiger partial charge on any atom is 0.371 e. The summed E-state index contributed by atoms with van der Waals surface area (Å²) in [7, 11) is -3.85. The summed E-state index contributed by atoms with van der Waals surface area (Å²) in [4.78, 5) is 14.7. The zero-order valence-corrected chi connectivity index (χ0v) is 14.0. The van der Waals surface area contributed by atoms with Crippen molar-refractivity contribution in [3.8, 4) is 0 Å². The molecule has 21 heavy (non-hydrogen) atoms. The van der Waals surface area contributed by atoms with Gasteiger partial charge in [-0.2, -0.15) is 0 Å². The van der Waals surface area contributed by atoms with Gasteiger partial charge < -0.3 is 9.52 Å². The number of nitrogens with one attached hydrogen (secondary N) is 1. The van der Waals surface area contributed by atoms with Crippen LogP contribution in [0, 0.1) is 6.92 Å². The Morgan fingerprint density at radius 2 is 2.29 bits per heavy atom. The zero-order valence-electron chi connectivity index (χ0n) is 10.8. The third-order valence-electron chi connectivity index (χ3n) is 2.50. The lowest BCUT2D eigenvalue weighted by molar-refractivity contribution is 0.0661. The van der Waals surface area contributed by atoms with Crippen molar-refractivity contribution in [2.24, 2.45) is 0 Å². The number of hydrogen-bond acceptors (Lipinski definition) is 6. The van der Waals surface area contributed by atoms with Crippen LogP contribution in [0.5, 0.6) is 0 Å². The second kappa shape index (κ2) is 6.26. The molecule has 0 unspecified atom stereocenters. The number of aromatic nitrogens is 1. The number of aromatic carboxylic acids is 1. The number of aryl methyl sites for hydroxylation is 1. The molecule has 2 aromatic heterocycles. The van der Waals surface area contributed by atoms with Crippen molar-refractivity contribution >= 4 is 43.3 Å². The molecule has 0 bridgehead atoms. The van der Waals surface area contributed by atoms with Crippen LogP contribution in [0.3, 0.4) is 0 Å². The highest BCUT2D eigenvalue weighted by Gasteiger charge is 2.24. The molecule has 0 spiro atoms. The fourth-order valence-electron chi connectivity index (χ4n) is 1.55. The Bertz CT molecular complexity index is 765. The highest BCUT2D eigenvalue weighted by atomic mass is 79.9. The Kier molecular flexibility index (Phi) is 4.81. The molecular formula is C11H11BrN2O5S2. The van der Waals surface area contributed by atoms with Crippen LogP contribution in [0.4, 0.5) is 0 Å². The lowest BCUT2D eigenvalue weighted by Gasteiger charge is -2.03. The summed E-state index contributed by atoms with van der Waals surface area (Å²) >= 11 is 4.39. The summed E-state index contributed by atoms with van der Waals surface area (Å²) in [6.45, 7) is 2.03. The summed E-state index contributed by atoms with van der Waals surface area (Å²) in [6.07, 6.45) is 0.449. The molecule has 0 amide bonds. The van der Waals surface area contributed by atoms with E-state index in [2.05, 4.69) is 25.6 Å². The van der Waals surface area contributed by atoms with Gasteiger partial charge in [-0.3, -0.25) is 0 Å². The van der Waals surface area contributed by atoms with Crippen molar-refractivity contribution in [3.05, 3.63) is 32.6 Å². The summed E-state index contributed by atoms with van der Waals surface area (Å²) in [5.74, 6) is -1.78. The Hall–Kier alpha value is -1.23. The van der Waals surface area contributed by atoms with E-state index in [-0.39, 0.29) is 16.1 Å². The maximum atomic E-state index is 12.1. The number of hydrogen-bond donors (Lipinski definition) is 2. The van der Waals surface area contributed by atoms with Gasteiger partial charge in [-0.25, -0.2) is 22.9 Å². The number of carboxylic acids is 1. The number of halogens is 1. The van der Waals surface area contributed by atoms with Crippen LogP contribution in [-0.2, 0) is 16.4 Å². The van der Waals surface area contributed by atoms with E-state index in [9.17, 15) is 13.2 Å². The molecule has 0 atom stereocenters. The topological polar surface area (TPSA) is 110 Å². The molecule has 10 heteroatoms. The van der Waals surface area contributed by atoms with Gasteiger partial charge in [0.1, 0.15) is 4.90 Å². The average molecular weight is 395 g/mol. The number of nitrogens with zero attached hydrogens (tertiary/aromatic N) is 1. The van der Waals surface area contributed by atoms with Crippen molar-refractivity contribution in [3.63, 3.8) is 0 Å². The fraction of sp³-hybridized carbons (Fsp3) is 0.273. The Morgan fingerprint density at radius 1 is 1.57 bits per heavy atom. The summed E-state index contributed by atoms with van der Waals surface area (Å²) in [5.41, 5.74) is 0.803. The molecule has 2 aromatic rings. The first-order valence-corrected chi connectivity index (χ1v) is 8.88. The molecule has 0 fully saturated rings. The van der Waals surface area contributed by atoms with Gasteiger partial charge in [0.05, 0.1) is 10.7 Å². The average Bonchev–Trinajstić information content (AvgIpc) is 2.96. The smallest absolute Gasteiger partial charge is 0.371 e. The first-order valence-electron chi connectivity index (χ1n) is 5.73. The quantitative estimate of drug-likeness (QED) is 0.775. The van der Waals surface area contributed by atoms with Crippen LogP contribution in [0.15, 0.2) is 25.4 Å². The normalized spacial score (nSPS) is 11.7. The predicted octanol–water partition coefficient (Wildman–Crippen LogP) is 2.03. The number of thiazole rings is 1. The predicted molar refractivity (Wildman–Crippen MR) is 79.1 cm³/mol. The van der Waals surface area contributed by atoms with E-state index in [1.54, 1.807) is 0 Å². The molecule has 0 aliphatic rings. The van der Waals surface area contributed by atoms with Gasteiger partial charge in [-0.1, -0.05) is 0 Å². The van der Waals surface area contributed by atoms with E-state index in [0.29, 0.717) is 6.42 Å². The molecule has 0 aliphatic heterocycles. The van der Waals surface area contributed by atoms with Crippen LogP contribution in [-0.4, -0.2) is 31.0 Å². The minimum atomic E-state index is -3.85. The van der Waals surface area contributed by atoms with E-state index in [1.165, 1.54) is 11.3 Å². The lowest BCUT2D eigenvalue weighted by atomic mass is 10.3. The molecule has 0 saturated carbocycles.